The van der Waals surface area contributed by atoms with E-state index < -0.39 is 0 Å². The van der Waals surface area contributed by atoms with Crippen LogP contribution >= 0.6 is 0 Å². The number of ether oxygens (including phenoxy) is 1. The molecule has 0 unspecified atom stereocenters. The molecule has 3 amide bonds. The predicted molar refractivity (Wildman–Crippen MR) is 106 cm³/mol. The van der Waals surface area contributed by atoms with Crippen LogP contribution in [0.4, 0.5) is 11.4 Å². The van der Waals surface area contributed by atoms with Gasteiger partial charge in [0.05, 0.1) is 12.8 Å². The van der Waals surface area contributed by atoms with Crippen LogP contribution in [0.25, 0.3) is 0 Å². The number of anilines is 2. The fourth-order valence-corrected chi connectivity index (χ4v) is 3.18. The lowest BCUT2D eigenvalue weighted by Gasteiger charge is -2.16. The van der Waals surface area contributed by atoms with E-state index >= 15 is 0 Å². The van der Waals surface area contributed by atoms with E-state index in [4.69, 9.17) is 4.74 Å². The van der Waals surface area contributed by atoms with E-state index in [1.807, 2.05) is 6.07 Å². The minimum absolute atomic E-state index is 0.148. The van der Waals surface area contributed by atoms with Crippen LogP contribution in [-0.2, 0) is 16.1 Å². The second-order valence-electron chi connectivity index (χ2n) is 6.67. The maximum Gasteiger partial charge on any atom is 0.255 e. The molecule has 0 atom stereocenters. The Morgan fingerprint density at radius 1 is 1.14 bits per heavy atom. The number of methoxy groups -OCH3 is 1. The third kappa shape index (κ3) is 4.68. The summed E-state index contributed by atoms with van der Waals surface area (Å²) < 4.78 is 5.29. The maximum atomic E-state index is 12.7. The number of carbonyl (C=O) groups excluding carboxylic acids is 3. The number of benzene rings is 2. The van der Waals surface area contributed by atoms with Crippen molar-refractivity contribution in [1.29, 1.82) is 0 Å². The molecule has 1 aliphatic heterocycles. The summed E-state index contributed by atoms with van der Waals surface area (Å²) in [5.74, 6) is 0.134. The first-order valence-corrected chi connectivity index (χ1v) is 9.10. The van der Waals surface area contributed by atoms with Crippen LogP contribution in [-0.4, -0.2) is 36.3 Å². The molecule has 2 aromatic carbocycles. The molecular weight excluding hydrogens is 358 g/mol. The molecule has 1 fully saturated rings. The monoisotopic (exact) mass is 381 g/mol. The minimum atomic E-state index is -0.298. The Hall–Kier alpha value is -3.35. The van der Waals surface area contributed by atoms with E-state index in [0.29, 0.717) is 35.7 Å². The van der Waals surface area contributed by atoms with Crippen molar-refractivity contribution in [2.45, 2.75) is 26.3 Å². The average Bonchev–Trinajstić information content (AvgIpc) is 3.06. The molecule has 0 radical (unpaired) electrons. The number of carbonyl (C=O) groups is 3. The van der Waals surface area contributed by atoms with Crippen LogP contribution in [0.1, 0.15) is 35.7 Å². The smallest absolute Gasteiger partial charge is 0.255 e. The Labute approximate surface area is 163 Å². The maximum absolute atomic E-state index is 12.7. The Bertz CT molecular complexity index is 910. The van der Waals surface area contributed by atoms with Gasteiger partial charge >= 0.3 is 0 Å². The summed E-state index contributed by atoms with van der Waals surface area (Å²) in [4.78, 5) is 37.6. The molecule has 146 valence electrons. The molecule has 0 saturated carbocycles. The van der Waals surface area contributed by atoms with Crippen molar-refractivity contribution in [1.82, 2.24) is 4.90 Å². The fraction of sp³-hybridized carbons (Fsp3) is 0.286. The summed E-state index contributed by atoms with van der Waals surface area (Å²) in [6.07, 6.45) is 1.47. The Morgan fingerprint density at radius 2 is 1.96 bits per heavy atom. The van der Waals surface area contributed by atoms with Gasteiger partial charge in [0, 0.05) is 37.7 Å². The number of rotatable bonds is 6. The van der Waals surface area contributed by atoms with Crippen LogP contribution in [0, 0.1) is 0 Å². The van der Waals surface area contributed by atoms with Gasteiger partial charge in [-0.1, -0.05) is 12.1 Å². The van der Waals surface area contributed by atoms with Gasteiger partial charge in [-0.3, -0.25) is 14.4 Å². The largest absolute Gasteiger partial charge is 0.495 e. The zero-order valence-corrected chi connectivity index (χ0v) is 16.0. The lowest BCUT2D eigenvalue weighted by Crippen LogP contribution is -2.24. The number of nitrogens with one attached hydrogen (secondary N) is 2. The minimum Gasteiger partial charge on any atom is -0.495 e. The normalized spacial score (nSPS) is 13.4. The summed E-state index contributed by atoms with van der Waals surface area (Å²) >= 11 is 0. The second kappa shape index (κ2) is 8.56. The zero-order chi connectivity index (χ0) is 20.1. The average molecular weight is 381 g/mol. The number of amides is 3. The highest BCUT2D eigenvalue weighted by molar-refractivity contribution is 6.05. The molecule has 2 aromatic rings. The molecule has 2 N–H and O–H groups in total. The molecule has 1 heterocycles. The van der Waals surface area contributed by atoms with E-state index in [-0.39, 0.29) is 17.7 Å². The SMILES string of the molecule is COc1ccc(NC(C)=O)cc1NC(=O)c1cccc(CN2CCCC2=O)c1. The number of hydrogen-bond acceptors (Lipinski definition) is 4. The quantitative estimate of drug-likeness (QED) is 0.805. The van der Waals surface area contributed by atoms with Gasteiger partial charge in [-0.15, -0.1) is 0 Å². The van der Waals surface area contributed by atoms with Gasteiger partial charge in [0.25, 0.3) is 5.91 Å². The highest BCUT2D eigenvalue weighted by atomic mass is 16.5. The molecule has 0 aromatic heterocycles. The molecular formula is C21H23N3O4. The summed E-state index contributed by atoms with van der Waals surface area (Å²) in [6, 6.07) is 12.2. The van der Waals surface area contributed by atoms with Crippen LogP contribution < -0.4 is 15.4 Å². The van der Waals surface area contributed by atoms with Crippen LogP contribution in [0.2, 0.25) is 0 Å². The van der Waals surface area contributed by atoms with Gasteiger partial charge in [0.15, 0.2) is 0 Å². The van der Waals surface area contributed by atoms with Crippen molar-refractivity contribution < 1.29 is 19.1 Å². The molecule has 7 nitrogen and oxygen atoms in total. The van der Waals surface area contributed by atoms with Crippen LogP contribution in [0.5, 0.6) is 5.75 Å². The molecule has 0 aliphatic carbocycles. The van der Waals surface area contributed by atoms with Gasteiger partial charge in [0.1, 0.15) is 5.75 Å². The van der Waals surface area contributed by atoms with Crippen LogP contribution in [0.3, 0.4) is 0 Å². The first kappa shape index (κ1) is 19.4. The molecule has 3 rings (SSSR count). The van der Waals surface area contributed by atoms with E-state index in [1.165, 1.54) is 14.0 Å². The topological polar surface area (TPSA) is 87.7 Å². The van der Waals surface area contributed by atoms with Gasteiger partial charge < -0.3 is 20.3 Å². The Morgan fingerprint density at radius 3 is 2.64 bits per heavy atom. The van der Waals surface area contributed by atoms with E-state index in [1.54, 1.807) is 41.3 Å². The summed E-state index contributed by atoms with van der Waals surface area (Å²) in [6.45, 7) is 2.67. The molecule has 7 heteroatoms. The summed E-state index contributed by atoms with van der Waals surface area (Å²) in [5, 5.41) is 5.51. The standard InChI is InChI=1S/C21H23N3O4/c1-14(25)22-17-8-9-19(28-2)18(12-17)23-21(27)16-6-3-5-15(11-16)13-24-10-4-7-20(24)26/h3,5-6,8-9,11-12H,4,7,10,13H2,1-2H3,(H,22,25)(H,23,27). The van der Waals surface area contributed by atoms with Crippen molar-refractivity contribution in [3.63, 3.8) is 0 Å². The van der Waals surface area contributed by atoms with Crippen LogP contribution in [0.15, 0.2) is 42.5 Å². The first-order valence-electron chi connectivity index (χ1n) is 9.10. The van der Waals surface area contributed by atoms with Gasteiger partial charge in [-0.05, 0) is 42.3 Å². The Balaban J connectivity index is 1.76. The highest BCUT2D eigenvalue weighted by Gasteiger charge is 2.20. The number of hydrogen-bond donors (Lipinski definition) is 2. The van der Waals surface area contributed by atoms with Gasteiger partial charge in [0.2, 0.25) is 11.8 Å². The molecule has 1 saturated heterocycles. The van der Waals surface area contributed by atoms with Crippen molar-refractivity contribution >= 4 is 29.1 Å². The molecule has 28 heavy (non-hydrogen) atoms. The van der Waals surface area contributed by atoms with E-state index in [0.717, 1.165) is 18.5 Å². The van der Waals surface area contributed by atoms with Crippen molar-refractivity contribution in [3.8, 4) is 5.75 Å². The molecule has 1 aliphatic rings. The summed E-state index contributed by atoms with van der Waals surface area (Å²) in [5.41, 5.74) is 2.40. The van der Waals surface area contributed by atoms with Gasteiger partial charge in [-0.25, -0.2) is 0 Å². The van der Waals surface area contributed by atoms with E-state index in [2.05, 4.69) is 10.6 Å². The zero-order valence-electron chi connectivity index (χ0n) is 16.0. The fourth-order valence-electron chi connectivity index (χ4n) is 3.18. The predicted octanol–water partition coefficient (Wildman–Crippen LogP) is 3.03. The molecule has 0 bridgehead atoms. The highest BCUT2D eigenvalue weighted by Crippen LogP contribution is 2.28. The van der Waals surface area contributed by atoms with Crippen molar-refractivity contribution in [3.05, 3.63) is 53.6 Å². The first-order chi connectivity index (χ1) is 13.5. The second-order valence-corrected chi connectivity index (χ2v) is 6.67. The van der Waals surface area contributed by atoms with Crippen molar-refractivity contribution in [2.24, 2.45) is 0 Å². The lowest BCUT2D eigenvalue weighted by atomic mass is 10.1. The number of likely N-dealkylation sites (tertiary alicyclic amines) is 1. The third-order valence-electron chi connectivity index (χ3n) is 4.50. The lowest BCUT2D eigenvalue weighted by molar-refractivity contribution is -0.128. The van der Waals surface area contributed by atoms with E-state index in [9.17, 15) is 14.4 Å². The van der Waals surface area contributed by atoms with Crippen molar-refractivity contribution in [2.75, 3.05) is 24.3 Å². The number of nitrogens with zero attached hydrogens (tertiary/aromatic N) is 1. The molecule has 0 spiro atoms. The summed E-state index contributed by atoms with van der Waals surface area (Å²) in [7, 11) is 1.51. The Kier molecular flexibility index (Phi) is 5.93. The third-order valence-corrected chi connectivity index (χ3v) is 4.50. The van der Waals surface area contributed by atoms with Gasteiger partial charge in [-0.2, -0.15) is 0 Å².